The maximum Gasteiger partial charge on any atom is 0.212 e. The maximum atomic E-state index is 5.54. The Morgan fingerprint density at radius 3 is 2.91 bits per heavy atom. The first-order valence-electron chi connectivity index (χ1n) is 6.74. The lowest BCUT2D eigenvalue weighted by molar-refractivity contribution is 0.416. The molecule has 3 aromatic heterocycles. The van der Waals surface area contributed by atoms with E-state index in [9.17, 15) is 0 Å². The predicted octanol–water partition coefficient (Wildman–Crippen LogP) is 3.53. The molecule has 0 saturated heterocycles. The van der Waals surface area contributed by atoms with Crippen molar-refractivity contribution in [1.82, 2.24) is 19.6 Å². The van der Waals surface area contributed by atoms with E-state index < -0.39 is 0 Å². The van der Waals surface area contributed by atoms with Gasteiger partial charge in [-0.1, -0.05) is 23.5 Å². The lowest BCUT2D eigenvalue weighted by Crippen LogP contribution is -1.92. The smallest absolute Gasteiger partial charge is 0.212 e. The highest BCUT2D eigenvalue weighted by atomic mass is 32.1. The second-order valence-corrected chi connectivity index (χ2v) is 5.52. The Morgan fingerprint density at radius 1 is 1.14 bits per heavy atom. The number of fused-ring (bicyclic) bond motifs is 1. The fourth-order valence-electron chi connectivity index (χ4n) is 2.42. The first-order valence-corrected chi connectivity index (χ1v) is 7.62. The lowest BCUT2D eigenvalue weighted by Gasteiger charge is -2.09. The molecular weight excluding hydrogens is 296 g/mol. The van der Waals surface area contributed by atoms with E-state index in [1.807, 2.05) is 47.1 Å². The van der Waals surface area contributed by atoms with Gasteiger partial charge in [-0.25, -0.2) is 9.50 Å². The molecule has 0 spiro atoms. The van der Waals surface area contributed by atoms with E-state index in [2.05, 4.69) is 15.1 Å². The van der Waals surface area contributed by atoms with Gasteiger partial charge in [0.05, 0.1) is 24.7 Å². The summed E-state index contributed by atoms with van der Waals surface area (Å²) in [6, 6.07) is 11.9. The highest BCUT2D eigenvalue weighted by molar-refractivity contribution is 7.14. The Kier molecular flexibility index (Phi) is 3.08. The first kappa shape index (κ1) is 13.0. The third kappa shape index (κ3) is 2.05. The number of nitrogens with zero attached hydrogens (tertiary/aromatic N) is 4. The molecule has 4 rings (SSSR count). The van der Waals surface area contributed by atoms with Crippen molar-refractivity contribution in [2.24, 2.45) is 0 Å². The van der Waals surface area contributed by atoms with E-state index in [4.69, 9.17) is 4.74 Å². The van der Waals surface area contributed by atoms with E-state index in [0.717, 1.165) is 33.2 Å². The minimum Gasteiger partial charge on any atom is -0.496 e. The van der Waals surface area contributed by atoms with Crippen LogP contribution in [0.4, 0.5) is 0 Å². The summed E-state index contributed by atoms with van der Waals surface area (Å²) in [6.45, 7) is 0. The van der Waals surface area contributed by atoms with Crippen LogP contribution in [0.25, 0.3) is 27.5 Å². The molecule has 1 aromatic carbocycles. The standard InChI is InChI=1S/C16H12N4OS/c1-21-15-8-11(14-9-18-16-20(14)19-10-22-16)5-6-12(15)13-4-2-3-7-17-13/h2-10H,1H3. The quantitative estimate of drug-likeness (QED) is 0.581. The Balaban J connectivity index is 1.85. The molecule has 0 bridgehead atoms. The Hall–Kier alpha value is -2.73. The van der Waals surface area contributed by atoms with Crippen LogP contribution in [0.5, 0.6) is 5.75 Å². The first-order chi connectivity index (χ1) is 10.9. The second kappa shape index (κ2) is 5.23. The van der Waals surface area contributed by atoms with Crippen molar-refractivity contribution >= 4 is 16.3 Å². The normalized spacial score (nSPS) is 11.0. The van der Waals surface area contributed by atoms with Crippen LogP contribution in [0, 0.1) is 0 Å². The monoisotopic (exact) mass is 308 g/mol. The van der Waals surface area contributed by atoms with Crippen LogP contribution in [-0.4, -0.2) is 26.7 Å². The molecule has 5 nitrogen and oxygen atoms in total. The van der Waals surface area contributed by atoms with Crippen LogP contribution >= 0.6 is 11.3 Å². The highest BCUT2D eigenvalue weighted by Gasteiger charge is 2.12. The molecule has 0 radical (unpaired) electrons. The van der Waals surface area contributed by atoms with Gasteiger partial charge in [0.1, 0.15) is 11.3 Å². The minimum absolute atomic E-state index is 0.779. The fraction of sp³-hybridized carbons (Fsp3) is 0.0625. The van der Waals surface area contributed by atoms with Gasteiger partial charge in [-0.3, -0.25) is 4.98 Å². The van der Waals surface area contributed by atoms with Gasteiger partial charge in [0.15, 0.2) is 0 Å². The molecule has 108 valence electrons. The third-order valence-electron chi connectivity index (χ3n) is 3.47. The minimum atomic E-state index is 0.779. The zero-order valence-electron chi connectivity index (χ0n) is 11.8. The van der Waals surface area contributed by atoms with Crippen molar-refractivity contribution in [1.29, 1.82) is 0 Å². The number of pyridine rings is 1. The number of hydrogen-bond acceptors (Lipinski definition) is 5. The molecule has 0 N–H and O–H groups in total. The number of aromatic nitrogens is 4. The van der Waals surface area contributed by atoms with E-state index in [-0.39, 0.29) is 0 Å². The van der Waals surface area contributed by atoms with E-state index in [1.165, 1.54) is 11.3 Å². The van der Waals surface area contributed by atoms with Gasteiger partial charge in [0, 0.05) is 17.3 Å². The molecule has 0 saturated carbocycles. The summed E-state index contributed by atoms with van der Waals surface area (Å²) in [5.41, 5.74) is 5.59. The fourth-order valence-corrected chi connectivity index (χ4v) is 3.01. The van der Waals surface area contributed by atoms with Crippen molar-refractivity contribution in [2.45, 2.75) is 0 Å². The average molecular weight is 308 g/mol. The van der Waals surface area contributed by atoms with E-state index in [0.29, 0.717) is 0 Å². The molecule has 0 amide bonds. The molecule has 6 heteroatoms. The van der Waals surface area contributed by atoms with Crippen molar-refractivity contribution in [2.75, 3.05) is 7.11 Å². The molecule has 0 atom stereocenters. The van der Waals surface area contributed by atoms with Crippen LogP contribution in [0.1, 0.15) is 0 Å². The van der Waals surface area contributed by atoms with Gasteiger partial charge >= 0.3 is 0 Å². The molecule has 0 unspecified atom stereocenters. The van der Waals surface area contributed by atoms with Gasteiger partial charge in [-0.15, -0.1) is 0 Å². The van der Waals surface area contributed by atoms with Crippen LogP contribution < -0.4 is 4.74 Å². The molecule has 3 heterocycles. The molecule has 0 fully saturated rings. The molecular formula is C16H12N4OS. The zero-order chi connectivity index (χ0) is 14.9. The summed E-state index contributed by atoms with van der Waals surface area (Å²) in [7, 11) is 1.67. The van der Waals surface area contributed by atoms with Crippen LogP contribution in [0.3, 0.4) is 0 Å². The van der Waals surface area contributed by atoms with E-state index >= 15 is 0 Å². The summed E-state index contributed by atoms with van der Waals surface area (Å²) >= 11 is 1.51. The number of ether oxygens (including phenoxy) is 1. The number of rotatable bonds is 3. The number of benzene rings is 1. The number of methoxy groups -OCH3 is 1. The van der Waals surface area contributed by atoms with Crippen molar-refractivity contribution in [3.8, 4) is 28.3 Å². The van der Waals surface area contributed by atoms with Gasteiger partial charge in [0.25, 0.3) is 0 Å². The number of hydrogen-bond donors (Lipinski definition) is 0. The average Bonchev–Trinajstić information content (AvgIpc) is 3.18. The third-order valence-corrected chi connectivity index (χ3v) is 4.15. The Labute approximate surface area is 130 Å². The largest absolute Gasteiger partial charge is 0.496 e. The summed E-state index contributed by atoms with van der Waals surface area (Å²) in [6.07, 6.45) is 3.60. The van der Waals surface area contributed by atoms with Gasteiger partial charge in [0.2, 0.25) is 4.96 Å². The van der Waals surface area contributed by atoms with Gasteiger partial charge in [-0.05, 0) is 24.3 Å². The van der Waals surface area contributed by atoms with Crippen LogP contribution in [-0.2, 0) is 0 Å². The molecule has 4 aromatic rings. The molecule has 0 aliphatic heterocycles. The maximum absolute atomic E-state index is 5.54. The summed E-state index contributed by atoms with van der Waals surface area (Å²) in [5, 5.41) is 4.31. The Morgan fingerprint density at radius 2 is 2.09 bits per heavy atom. The molecule has 0 aliphatic rings. The van der Waals surface area contributed by atoms with Gasteiger partial charge < -0.3 is 4.74 Å². The molecule has 0 aliphatic carbocycles. The van der Waals surface area contributed by atoms with Crippen LogP contribution in [0.2, 0.25) is 0 Å². The van der Waals surface area contributed by atoms with Crippen LogP contribution in [0.15, 0.2) is 54.3 Å². The SMILES string of the molecule is COc1cc(-c2cnc3scnn23)ccc1-c1ccccn1. The number of imidazole rings is 1. The van der Waals surface area contributed by atoms with Crippen molar-refractivity contribution in [3.63, 3.8) is 0 Å². The van der Waals surface area contributed by atoms with E-state index in [1.54, 1.807) is 18.8 Å². The van der Waals surface area contributed by atoms with Gasteiger partial charge in [-0.2, -0.15) is 5.10 Å². The Bertz CT molecular complexity index is 930. The summed E-state index contributed by atoms with van der Waals surface area (Å²) < 4.78 is 7.38. The summed E-state index contributed by atoms with van der Waals surface area (Å²) in [5.74, 6) is 0.779. The zero-order valence-corrected chi connectivity index (χ0v) is 12.6. The highest BCUT2D eigenvalue weighted by Crippen LogP contribution is 2.33. The van der Waals surface area contributed by atoms with Crippen molar-refractivity contribution in [3.05, 3.63) is 54.3 Å². The topological polar surface area (TPSA) is 52.3 Å². The predicted molar refractivity (Wildman–Crippen MR) is 86.1 cm³/mol. The molecule has 22 heavy (non-hydrogen) atoms. The lowest BCUT2D eigenvalue weighted by atomic mass is 10.1. The van der Waals surface area contributed by atoms with Crippen molar-refractivity contribution < 1.29 is 4.74 Å². The second-order valence-electron chi connectivity index (χ2n) is 4.71. The summed E-state index contributed by atoms with van der Waals surface area (Å²) in [4.78, 5) is 9.62.